The Morgan fingerprint density at radius 1 is 1.04 bits per heavy atom. The number of hydrogen-bond donors (Lipinski definition) is 1. The fourth-order valence-corrected chi connectivity index (χ4v) is 2.71. The van der Waals surface area contributed by atoms with Crippen molar-refractivity contribution < 1.29 is 0 Å². The quantitative estimate of drug-likeness (QED) is 0.742. The van der Waals surface area contributed by atoms with Crippen LogP contribution in [0.4, 0.5) is 0 Å². The molecule has 0 aliphatic carbocycles. The minimum Gasteiger partial charge on any atom is -0.302 e. The zero-order valence-corrected chi connectivity index (χ0v) is 13.2. The first-order valence-electron chi connectivity index (χ1n) is 7.66. The third-order valence-corrected chi connectivity index (χ3v) is 3.90. The molecular weight excluding hydrogens is 312 g/mol. The number of nitriles is 1. The third-order valence-electron chi connectivity index (χ3n) is 3.90. The summed E-state index contributed by atoms with van der Waals surface area (Å²) in [5, 5.41) is 9.44. The van der Waals surface area contributed by atoms with Crippen molar-refractivity contribution in [3.05, 3.63) is 72.2 Å². The van der Waals surface area contributed by atoms with E-state index in [0.717, 1.165) is 16.9 Å². The second-order valence-electron chi connectivity index (χ2n) is 5.42. The molecular formula is C19H13N6+. The molecule has 25 heavy (non-hydrogen) atoms. The summed E-state index contributed by atoms with van der Waals surface area (Å²) in [7, 11) is 0. The lowest BCUT2D eigenvalue weighted by Crippen LogP contribution is -2.27. The van der Waals surface area contributed by atoms with Crippen LogP contribution >= 0.6 is 0 Å². The standard InChI is InChI=1S/C19H12N6/c20-10-14-8-4-5-9-16(14)25-11-15(13-6-2-1-3-7-13)24-19(25)17-18(21)23-12-22-17/h1-9,11-12,21H/p+1. The van der Waals surface area contributed by atoms with E-state index in [2.05, 4.69) is 15.7 Å². The molecule has 118 valence electrons. The van der Waals surface area contributed by atoms with E-state index in [-0.39, 0.29) is 0 Å². The number of para-hydroxylation sites is 1. The van der Waals surface area contributed by atoms with E-state index in [1.54, 1.807) is 6.07 Å². The van der Waals surface area contributed by atoms with Crippen LogP contribution in [0.2, 0.25) is 0 Å². The second-order valence-corrected chi connectivity index (χ2v) is 5.42. The van der Waals surface area contributed by atoms with Crippen molar-refractivity contribution in [3.8, 4) is 23.0 Å². The second kappa shape index (κ2) is 5.93. The summed E-state index contributed by atoms with van der Waals surface area (Å²) in [6, 6.07) is 19.4. The van der Waals surface area contributed by atoms with Gasteiger partial charge in [0.1, 0.15) is 6.07 Å². The van der Waals surface area contributed by atoms with Gasteiger partial charge in [0.2, 0.25) is 0 Å². The van der Waals surface area contributed by atoms with Crippen LogP contribution in [0.1, 0.15) is 11.4 Å². The van der Waals surface area contributed by atoms with E-state index in [1.807, 2.05) is 59.3 Å². The monoisotopic (exact) mass is 325 g/mol. The fraction of sp³-hybridized carbons (Fsp3) is 0. The van der Waals surface area contributed by atoms with Gasteiger partial charge in [-0.15, -0.1) is 0 Å². The average Bonchev–Trinajstić information content (AvgIpc) is 3.28. The largest absolute Gasteiger partial charge is 0.353 e. The maximum Gasteiger partial charge on any atom is 0.353 e. The maximum absolute atomic E-state index is 9.44. The average molecular weight is 325 g/mol. The van der Waals surface area contributed by atoms with Crippen molar-refractivity contribution in [1.82, 2.24) is 14.2 Å². The Morgan fingerprint density at radius 3 is 2.52 bits per heavy atom. The summed E-state index contributed by atoms with van der Waals surface area (Å²) in [5.41, 5.74) is 9.44. The molecule has 0 amide bonds. The smallest absolute Gasteiger partial charge is 0.302 e. The number of rotatable bonds is 3. The normalized spacial score (nSPS) is 12.6. The van der Waals surface area contributed by atoms with Crippen LogP contribution in [0.25, 0.3) is 16.9 Å². The first-order chi connectivity index (χ1) is 12.3. The Balaban J connectivity index is 1.95. The third kappa shape index (κ3) is 2.51. The number of imidazole rings is 1. The van der Waals surface area contributed by atoms with Crippen LogP contribution in [0.3, 0.4) is 0 Å². The highest BCUT2D eigenvalue weighted by atomic mass is 15.1. The van der Waals surface area contributed by atoms with Gasteiger partial charge in [-0.1, -0.05) is 47.5 Å². The van der Waals surface area contributed by atoms with Gasteiger partial charge in [0, 0.05) is 11.8 Å². The molecule has 0 atom stereocenters. The van der Waals surface area contributed by atoms with Gasteiger partial charge in [0.25, 0.3) is 5.71 Å². The SMILES string of the molecule is N#Cc1ccccc1-n1cc(-c2ccccc2)nc1C1=NC=[N+]=C1N. The molecule has 0 saturated heterocycles. The van der Waals surface area contributed by atoms with Crippen LogP contribution < -0.4 is 10.4 Å². The Morgan fingerprint density at radius 2 is 1.80 bits per heavy atom. The molecule has 0 bridgehead atoms. The Hall–Kier alpha value is -3.94. The molecule has 6 nitrogen and oxygen atoms in total. The van der Waals surface area contributed by atoms with Gasteiger partial charge < -0.3 is 5.73 Å². The minimum absolute atomic E-state index is 0.306. The van der Waals surface area contributed by atoms with Crippen LogP contribution in [-0.2, 0) is 0 Å². The van der Waals surface area contributed by atoms with Crippen LogP contribution in [-0.4, -0.2) is 27.4 Å². The topological polar surface area (TPSA) is 94.1 Å². The molecule has 1 aliphatic heterocycles. The lowest BCUT2D eigenvalue weighted by atomic mass is 10.1. The van der Waals surface area contributed by atoms with Gasteiger partial charge in [0.15, 0.2) is 5.82 Å². The van der Waals surface area contributed by atoms with E-state index < -0.39 is 0 Å². The summed E-state index contributed by atoms with van der Waals surface area (Å²) >= 11 is 0. The first-order valence-corrected chi connectivity index (χ1v) is 7.66. The number of nitrogens with two attached hydrogens (primary N) is 1. The van der Waals surface area contributed by atoms with Crippen molar-refractivity contribution in [2.24, 2.45) is 10.7 Å². The predicted molar refractivity (Wildman–Crippen MR) is 97.6 cm³/mol. The van der Waals surface area contributed by atoms with E-state index in [1.165, 1.54) is 6.34 Å². The Kier molecular flexibility index (Phi) is 3.47. The zero-order valence-electron chi connectivity index (χ0n) is 13.2. The maximum atomic E-state index is 9.44. The van der Waals surface area contributed by atoms with Gasteiger partial charge in [-0.3, -0.25) is 4.57 Å². The number of hydrogen-bond acceptors (Lipinski definition) is 4. The molecule has 0 saturated carbocycles. The highest BCUT2D eigenvalue weighted by molar-refractivity contribution is 6.48. The highest BCUT2D eigenvalue weighted by Crippen LogP contribution is 2.23. The number of amidine groups is 1. The molecule has 0 unspecified atom stereocenters. The van der Waals surface area contributed by atoms with E-state index >= 15 is 0 Å². The summed E-state index contributed by atoms with van der Waals surface area (Å²) in [6.07, 6.45) is 3.29. The van der Waals surface area contributed by atoms with Crippen molar-refractivity contribution in [1.29, 1.82) is 5.26 Å². The first kappa shape index (κ1) is 14.6. The summed E-state index contributed by atoms with van der Waals surface area (Å²) in [6.45, 7) is 0. The van der Waals surface area contributed by atoms with Crippen molar-refractivity contribution in [2.75, 3.05) is 0 Å². The molecule has 2 heterocycles. The molecule has 2 aromatic carbocycles. The molecule has 2 N–H and O–H groups in total. The molecule has 6 heteroatoms. The predicted octanol–water partition coefficient (Wildman–Crippen LogP) is 1.67. The molecule has 0 radical (unpaired) electrons. The highest BCUT2D eigenvalue weighted by Gasteiger charge is 2.27. The molecule has 1 aliphatic rings. The van der Waals surface area contributed by atoms with Crippen LogP contribution in [0.5, 0.6) is 0 Å². The number of benzene rings is 2. The number of nitrogens with zero attached hydrogens (tertiary/aromatic N) is 5. The van der Waals surface area contributed by atoms with Gasteiger partial charge in [-0.05, 0) is 12.1 Å². The Labute approximate surface area is 144 Å². The van der Waals surface area contributed by atoms with Crippen LogP contribution in [0, 0.1) is 11.3 Å². The molecule has 3 aromatic rings. The summed E-state index contributed by atoms with van der Waals surface area (Å²) < 4.78 is 5.84. The summed E-state index contributed by atoms with van der Waals surface area (Å²) in [5.74, 6) is 0.859. The van der Waals surface area contributed by atoms with Gasteiger partial charge in [-0.2, -0.15) is 5.26 Å². The van der Waals surface area contributed by atoms with Gasteiger partial charge in [-0.25, -0.2) is 9.65 Å². The fourth-order valence-electron chi connectivity index (χ4n) is 2.71. The van der Waals surface area contributed by atoms with E-state index in [9.17, 15) is 5.26 Å². The molecule has 0 spiro atoms. The minimum atomic E-state index is 0.306. The Bertz CT molecular complexity index is 1090. The molecule has 4 rings (SSSR count). The number of aliphatic imine (C=N–C) groups is 1. The van der Waals surface area contributed by atoms with Crippen molar-refractivity contribution in [2.45, 2.75) is 0 Å². The lowest BCUT2D eigenvalue weighted by Gasteiger charge is -2.07. The zero-order chi connectivity index (χ0) is 17.2. The van der Waals surface area contributed by atoms with E-state index in [4.69, 9.17) is 10.7 Å². The van der Waals surface area contributed by atoms with Gasteiger partial charge >= 0.3 is 12.2 Å². The van der Waals surface area contributed by atoms with Crippen molar-refractivity contribution >= 4 is 17.9 Å². The van der Waals surface area contributed by atoms with E-state index in [0.29, 0.717) is 22.9 Å². The lowest BCUT2D eigenvalue weighted by molar-refractivity contribution is 1.03. The van der Waals surface area contributed by atoms with Gasteiger partial charge in [0.05, 0.1) is 16.9 Å². The summed E-state index contributed by atoms with van der Waals surface area (Å²) in [4.78, 5) is 8.94. The van der Waals surface area contributed by atoms with Crippen LogP contribution in [0.15, 0.2) is 65.8 Å². The number of aromatic nitrogens is 2. The van der Waals surface area contributed by atoms with Crippen molar-refractivity contribution in [3.63, 3.8) is 0 Å². The molecule has 0 fully saturated rings. The molecule has 1 aromatic heterocycles.